The maximum atomic E-state index is 13.2. The zero-order valence-corrected chi connectivity index (χ0v) is 23.4. The van der Waals surface area contributed by atoms with Gasteiger partial charge in [-0.2, -0.15) is 0 Å². The fourth-order valence-electron chi connectivity index (χ4n) is 8.39. The smallest absolute Gasteiger partial charge is 0.228 e. The Morgan fingerprint density at radius 1 is 1.11 bits per heavy atom. The minimum absolute atomic E-state index is 0.145. The molecule has 0 saturated heterocycles. The number of amides is 1. The van der Waals surface area contributed by atoms with Crippen molar-refractivity contribution in [2.75, 3.05) is 13.6 Å². The van der Waals surface area contributed by atoms with Gasteiger partial charge in [0.15, 0.2) is 0 Å². The number of rotatable bonds is 6. The van der Waals surface area contributed by atoms with E-state index in [0.717, 1.165) is 43.4 Å². The Bertz CT molecular complexity index is 882. The molecule has 4 nitrogen and oxygen atoms in total. The highest BCUT2D eigenvalue weighted by atomic mass is 16.3. The third kappa shape index (κ3) is 5.55. The average Bonchev–Trinajstić information content (AvgIpc) is 3.21. The molecule has 6 atom stereocenters. The maximum absolute atomic E-state index is 13.2. The van der Waals surface area contributed by atoms with Gasteiger partial charge < -0.3 is 15.1 Å². The maximum Gasteiger partial charge on any atom is 0.228 e. The van der Waals surface area contributed by atoms with Crippen molar-refractivity contribution < 1.29 is 15.0 Å². The van der Waals surface area contributed by atoms with Crippen molar-refractivity contribution in [1.29, 1.82) is 0 Å². The third-order valence-electron chi connectivity index (χ3n) is 10.7. The zero-order chi connectivity index (χ0) is 26.1. The number of aliphatic hydroxyl groups excluding tert-OH is 2. The minimum atomic E-state index is -0.627. The molecule has 0 heterocycles. The van der Waals surface area contributed by atoms with Crippen molar-refractivity contribution in [2.24, 2.45) is 28.6 Å². The van der Waals surface area contributed by atoms with Crippen molar-refractivity contribution in [3.8, 4) is 0 Å². The number of carbonyl (C=O) groups is 1. The molecule has 0 aliphatic heterocycles. The van der Waals surface area contributed by atoms with Crippen LogP contribution in [0, 0.1) is 28.6 Å². The number of hydrogen-bond donors (Lipinski definition) is 2. The molecule has 202 valence electrons. The molecule has 4 saturated carbocycles. The van der Waals surface area contributed by atoms with Crippen molar-refractivity contribution in [2.45, 2.75) is 116 Å². The van der Waals surface area contributed by atoms with Crippen LogP contribution in [0.4, 0.5) is 0 Å². The summed E-state index contributed by atoms with van der Waals surface area (Å²) in [5.74, 6) is 2.28. The van der Waals surface area contributed by atoms with E-state index in [1.54, 1.807) is 5.57 Å². The Kier molecular flexibility index (Phi) is 8.56. The van der Waals surface area contributed by atoms with Crippen LogP contribution < -0.4 is 0 Å². The van der Waals surface area contributed by atoms with Crippen molar-refractivity contribution >= 4 is 5.91 Å². The molecule has 0 aromatic carbocycles. The predicted octanol–water partition coefficient (Wildman–Crippen LogP) is 6.58. The average molecular weight is 498 g/mol. The molecule has 0 bridgehead atoms. The lowest BCUT2D eigenvalue weighted by atomic mass is 9.61. The van der Waals surface area contributed by atoms with E-state index in [2.05, 4.69) is 39.5 Å². The van der Waals surface area contributed by atoms with Crippen molar-refractivity contribution in [3.63, 3.8) is 0 Å². The van der Waals surface area contributed by atoms with E-state index in [0.29, 0.717) is 41.9 Å². The predicted molar refractivity (Wildman–Crippen MR) is 147 cm³/mol. The summed E-state index contributed by atoms with van der Waals surface area (Å²) in [5, 5.41) is 20.3. The Morgan fingerprint density at radius 3 is 2.56 bits per heavy atom. The number of hydrogen-bond acceptors (Lipinski definition) is 3. The van der Waals surface area contributed by atoms with Gasteiger partial charge in [0.1, 0.15) is 0 Å². The van der Waals surface area contributed by atoms with Gasteiger partial charge in [-0.25, -0.2) is 0 Å². The first-order valence-corrected chi connectivity index (χ1v) is 14.8. The summed E-state index contributed by atoms with van der Waals surface area (Å²) in [5.41, 5.74) is 3.50. The van der Waals surface area contributed by atoms with E-state index in [4.69, 9.17) is 0 Å². The quantitative estimate of drug-likeness (QED) is 0.436. The molecule has 4 fully saturated rings. The van der Waals surface area contributed by atoms with Gasteiger partial charge in [-0.1, -0.05) is 64.3 Å². The lowest BCUT2D eigenvalue weighted by Crippen LogP contribution is -2.42. The monoisotopic (exact) mass is 497 g/mol. The second-order valence-electron chi connectivity index (χ2n) is 13.3. The van der Waals surface area contributed by atoms with Gasteiger partial charge in [-0.3, -0.25) is 4.79 Å². The van der Waals surface area contributed by atoms with E-state index < -0.39 is 12.2 Å². The van der Waals surface area contributed by atoms with Crippen LogP contribution in [0.5, 0.6) is 0 Å². The molecule has 36 heavy (non-hydrogen) atoms. The second kappa shape index (κ2) is 11.2. The first-order valence-electron chi connectivity index (χ1n) is 14.8. The summed E-state index contributed by atoms with van der Waals surface area (Å²) < 4.78 is 0. The summed E-state index contributed by atoms with van der Waals surface area (Å²) in [6.07, 6.45) is 17.4. The molecule has 0 spiro atoms. The summed E-state index contributed by atoms with van der Waals surface area (Å²) in [6, 6.07) is 0. The molecule has 4 rings (SSSR count). The van der Waals surface area contributed by atoms with E-state index in [-0.39, 0.29) is 5.41 Å². The number of fused-ring (bicyclic) bond motifs is 1. The number of allylic oxidation sites excluding steroid dienone is 3. The molecule has 2 unspecified atom stereocenters. The third-order valence-corrected chi connectivity index (χ3v) is 10.7. The van der Waals surface area contributed by atoms with Crippen LogP contribution in [-0.2, 0) is 4.79 Å². The Labute approximate surface area is 219 Å². The van der Waals surface area contributed by atoms with Crippen LogP contribution in [0.15, 0.2) is 35.5 Å². The molecule has 0 aromatic rings. The highest BCUT2D eigenvalue weighted by Gasteiger charge is 2.50. The SMILES string of the molecule is C=C1/C(=C\C=C2/CCCC3(C)[C@@H]([C@H](C)CCN(C)C(=O)C4(C)CCCCC4)CC[C@@H]23)C[C@@H](O)CC1O. The van der Waals surface area contributed by atoms with Gasteiger partial charge >= 0.3 is 0 Å². The van der Waals surface area contributed by atoms with E-state index in [9.17, 15) is 15.0 Å². The number of carbonyl (C=O) groups excluding carboxylic acids is 1. The van der Waals surface area contributed by atoms with Gasteiger partial charge in [-0.05, 0) is 92.1 Å². The first kappa shape index (κ1) is 27.6. The highest BCUT2D eigenvalue weighted by molar-refractivity contribution is 5.82. The van der Waals surface area contributed by atoms with E-state index >= 15 is 0 Å². The Hall–Kier alpha value is -1.39. The summed E-state index contributed by atoms with van der Waals surface area (Å²) in [7, 11) is 2.02. The molecule has 4 aliphatic carbocycles. The van der Waals surface area contributed by atoms with Crippen LogP contribution >= 0.6 is 0 Å². The first-order chi connectivity index (χ1) is 17.0. The van der Waals surface area contributed by atoms with Gasteiger partial charge in [-0.15, -0.1) is 0 Å². The number of aliphatic hydroxyl groups is 2. The van der Waals surface area contributed by atoms with Crippen LogP contribution in [0.2, 0.25) is 0 Å². The van der Waals surface area contributed by atoms with Crippen LogP contribution in [0.3, 0.4) is 0 Å². The zero-order valence-electron chi connectivity index (χ0n) is 23.4. The van der Waals surface area contributed by atoms with Crippen LogP contribution in [0.25, 0.3) is 0 Å². The highest BCUT2D eigenvalue weighted by Crippen LogP contribution is 2.59. The topological polar surface area (TPSA) is 60.8 Å². The van der Waals surface area contributed by atoms with E-state index in [1.807, 2.05) is 11.9 Å². The van der Waals surface area contributed by atoms with Crippen LogP contribution in [-0.4, -0.2) is 46.8 Å². The van der Waals surface area contributed by atoms with Crippen molar-refractivity contribution in [1.82, 2.24) is 4.90 Å². The molecular weight excluding hydrogens is 446 g/mol. The summed E-state index contributed by atoms with van der Waals surface area (Å²) in [4.78, 5) is 15.3. The normalized spacial score (nSPS) is 37.7. The molecule has 1 amide bonds. The van der Waals surface area contributed by atoms with Gasteiger partial charge in [0.05, 0.1) is 12.2 Å². The fraction of sp³-hybridized carbons (Fsp3) is 0.781. The lowest BCUT2D eigenvalue weighted by Gasteiger charge is -2.44. The molecule has 4 aliphatic rings. The van der Waals surface area contributed by atoms with E-state index in [1.165, 1.54) is 44.9 Å². The van der Waals surface area contributed by atoms with Crippen LogP contribution in [0.1, 0.15) is 104 Å². The largest absolute Gasteiger partial charge is 0.393 e. The lowest BCUT2D eigenvalue weighted by molar-refractivity contribution is -0.141. The molecular formula is C32H51NO3. The Morgan fingerprint density at radius 2 is 1.83 bits per heavy atom. The Balaban J connectivity index is 1.39. The molecule has 0 radical (unpaired) electrons. The van der Waals surface area contributed by atoms with Gasteiger partial charge in [0.2, 0.25) is 5.91 Å². The molecule has 2 N–H and O–H groups in total. The van der Waals surface area contributed by atoms with Gasteiger partial charge in [0, 0.05) is 25.4 Å². The fourth-order valence-corrected chi connectivity index (χ4v) is 8.39. The standard InChI is InChI=1S/C32H51NO3/c1-22(15-19-33(5)30(36)31(3)16-7-6-8-17-31)27-13-14-28-24(10-9-18-32(27,28)4)11-12-25-20-26(34)21-29(35)23(25)2/h11-12,22,26-29,34-35H,2,6-10,13-21H2,1,3-5H3/b24-11+,25-12-/t22-,26-,27-,28+,29?,32?/m1/s1. The van der Waals surface area contributed by atoms with Crippen molar-refractivity contribution in [3.05, 3.63) is 35.5 Å². The second-order valence-corrected chi connectivity index (χ2v) is 13.3. The number of nitrogens with zero attached hydrogens (tertiary/aromatic N) is 1. The summed E-state index contributed by atoms with van der Waals surface area (Å²) >= 11 is 0. The molecule has 4 heteroatoms. The molecule has 0 aromatic heterocycles. The van der Waals surface area contributed by atoms with Gasteiger partial charge in [0.25, 0.3) is 0 Å². The summed E-state index contributed by atoms with van der Waals surface area (Å²) in [6.45, 7) is 12.1. The minimum Gasteiger partial charge on any atom is -0.393 e.